The van der Waals surface area contributed by atoms with E-state index < -0.39 is 16.0 Å². The lowest BCUT2D eigenvalue weighted by Gasteiger charge is -2.08. The highest BCUT2D eigenvalue weighted by Crippen LogP contribution is 2.25. The predicted octanol–water partition coefficient (Wildman–Crippen LogP) is 1.57. The van der Waals surface area contributed by atoms with Crippen LogP contribution in [-0.2, 0) is 17.1 Å². The second kappa shape index (κ2) is 5.14. The van der Waals surface area contributed by atoms with Gasteiger partial charge in [0.1, 0.15) is 4.90 Å². The van der Waals surface area contributed by atoms with E-state index in [0.29, 0.717) is 0 Å². The van der Waals surface area contributed by atoms with Crippen molar-refractivity contribution < 1.29 is 18.3 Å². The van der Waals surface area contributed by atoms with Crippen molar-refractivity contribution in [3.05, 3.63) is 41.2 Å². The molecule has 0 unspecified atom stereocenters. The zero-order valence-electron chi connectivity index (χ0n) is 10.2. The van der Waals surface area contributed by atoms with E-state index in [0.717, 1.165) is 0 Å². The highest BCUT2D eigenvalue weighted by molar-refractivity contribution is 7.92. The van der Waals surface area contributed by atoms with Crippen molar-refractivity contribution in [3.63, 3.8) is 0 Å². The van der Waals surface area contributed by atoms with Gasteiger partial charge in [-0.25, -0.2) is 13.2 Å². The number of halogens is 1. The number of carboxylic acid groups (broad SMARTS) is 1. The van der Waals surface area contributed by atoms with Crippen molar-refractivity contribution in [1.82, 2.24) is 9.78 Å². The van der Waals surface area contributed by atoms with Gasteiger partial charge in [-0.1, -0.05) is 11.6 Å². The smallest absolute Gasteiger partial charge is 0.335 e. The molecule has 0 radical (unpaired) electrons. The first kappa shape index (κ1) is 14.4. The minimum atomic E-state index is -3.81. The summed E-state index contributed by atoms with van der Waals surface area (Å²) in [6.07, 6.45) is 2.53. The van der Waals surface area contributed by atoms with Gasteiger partial charge in [-0.05, 0) is 18.2 Å². The zero-order chi connectivity index (χ0) is 14.9. The molecule has 0 saturated heterocycles. The van der Waals surface area contributed by atoms with Crippen LogP contribution in [-0.4, -0.2) is 29.3 Å². The molecule has 7 nitrogen and oxygen atoms in total. The van der Waals surface area contributed by atoms with Crippen molar-refractivity contribution in [1.29, 1.82) is 0 Å². The molecular formula is C11H10ClN3O4S. The standard InChI is InChI=1S/C11H10ClN3O4S/c1-15-6-8(5-13-15)20(18,19)14-10-3-2-7(11(16)17)4-9(10)12/h2-6,14H,1H3,(H,16,17). The third kappa shape index (κ3) is 2.91. The van der Waals surface area contributed by atoms with Crippen LogP contribution >= 0.6 is 11.6 Å². The lowest BCUT2D eigenvalue weighted by atomic mass is 10.2. The summed E-state index contributed by atoms with van der Waals surface area (Å²) in [5.74, 6) is -1.14. The zero-order valence-corrected chi connectivity index (χ0v) is 11.8. The average molecular weight is 316 g/mol. The molecule has 0 saturated carbocycles. The number of nitrogens with one attached hydrogen (secondary N) is 1. The number of aromatic nitrogens is 2. The third-order valence-corrected chi connectivity index (χ3v) is 4.08. The number of rotatable bonds is 4. The van der Waals surface area contributed by atoms with Crippen molar-refractivity contribution in [3.8, 4) is 0 Å². The van der Waals surface area contributed by atoms with Crippen LogP contribution in [0.25, 0.3) is 0 Å². The Morgan fingerprint density at radius 1 is 1.45 bits per heavy atom. The van der Waals surface area contributed by atoms with E-state index in [9.17, 15) is 13.2 Å². The third-order valence-electron chi connectivity index (χ3n) is 2.45. The van der Waals surface area contributed by atoms with Gasteiger partial charge in [-0.2, -0.15) is 5.10 Å². The fourth-order valence-corrected chi connectivity index (χ4v) is 2.82. The van der Waals surface area contributed by atoms with Crippen LogP contribution < -0.4 is 4.72 Å². The number of benzene rings is 1. The minimum Gasteiger partial charge on any atom is -0.478 e. The van der Waals surface area contributed by atoms with Gasteiger partial charge in [0, 0.05) is 13.2 Å². The molecule has 2 rings (SSSR count). The molecule has 1 aromatic carbocycles. The van der Waals surface area contributed by atoms with Crippen molar-refractivity contribution >= 4 is 33.3 Å². The molecule has 106 valence electrons. The number of sulfonamides is 1. The van der Waals surface area contributed by atoms with Gasteiger partial charge in [0.25, 0.3) is 10.0 Å². The maximum atomic E-state index is 12.0. The second-order valence-corrected chi connectivity index (χ2v) is 6.04. The molecule has 20 heavy (non-hydrogen) atoms. The minimum absolute atomic E-state index is 0.00244. The summed E-state index contributed by atoms with van der Waals surface area (Å²) >= 11 is 5.86. The molecule has 0 aliphatic carbocycles. The maximum Gasteiger partial charge on any atom is 0.335 e. The molecule has 0 atom stereocenters. The van der Waals surface area contributed by atoms with E-state index in [1.54, 1.807) is 7.05 Å². The van der Waals surface area contributed by atoms with Gasteiger partial charge in [0.05, 0.1) is 22.5 Å². The lowest BCUT2D eigenvalue weighted by Crippen LogP contribution is -2.13. The monoisotopic (exact) mass is 315 g/mol. The molecule has 2 aromatic rings. The van der Waals surface area contributed by atoms with Crippen molar-refractivity contribution in [2.24, 2.45) is 7.05 Å². The molecule has 9 heteroatoms. The Bertz CT molecular complexity index is 770. The Balaban J connectivity index is 2.32. The van der Waals surface area contributed by atoms with Crippen LogP contribution in [0.1, 0.15) is 10.4 Å². The van der Waals surface area contributed by atoms with Crippen LogP contribution in [0.5, 0.6) is 0 Å². The summed E-state index contributed by atoms with van der Waals surface area (Å²) in [4.78, 5) is 10.8. The summed E-state index contributed by atoms with van der Waals surface area (Å²) in [6, 6.07) is 3.72. The lowest BCUT2D eigenvalue weighted by molar-refractivity contribution is 0.0697. The summed E-state index contributed by atoms with van der Waals surface area (Å²) in [6.45, 7) is 0. The van der Waals surface area contributed by atoms with Crippen LogP contribution in [0, 0.1) is 0 Å². The summed E-state index contributed by atoms with van der Waals surface area (Å²) < 4.78 is 27.7. The molecule has 0 spiro atoms. The second-order valence-electron chi connectivity index (χ2n) is 3.95. The number of aromatic carboxylic acids is 1. The molecule has 0 bridgehead atoms. The Hall–Kier alpha value is -2.06. The van der Waals surface area contributed by atoms with Gasteiger partial charge >= 0.3 is 5.97 Å². The fourth-order valence-electron chi connectivity index (χ4n) is 1.47. The molecule has 1 heterocycles. The number of carbonyl (C=O) groups is 1. The summed E-state index contributed by atoms with van der Waals surface area (Å²) in [5, 5.41) is 12.6. The molecule has 0 amide bonds. The number of aryl methyl sites for hydroxylation is 1. The maximum absolute atomic E-state index is 12.0. The average Bonchev–Trinajstić information content (AvgIpc) is 2.79. The SMILES string of the molecule is Cn1cc(S(=O)(=O)Nc2ccc(C(=O)O)cc2Cl)cn1. The van der Waals surface area contributed by atoms with Crippen molar-refractivity contribution in [2.75, 3.05) is 4.72 Å². The van der Waals surface area contributed by atoms with E-state index in [2.05, 4.69) is 9.82 Å². The van der Waals surface area contributed by atoms with E-state index in [-0.39, 0.29) is 21.2 Å². The Morgan fingerprint density at radius 2 is 2.15 bits per heavy atom. The topological polar surface area (TPSA) is 101 Å². The summed E-state index contributed by atoms with van der Waals surface area (Å²) in [7, 11) is -2.22. The molecule has 1 aromatic heterocycles. The van der Waals surface area contributed by atoms with E-state index in [1.807, 2.05) is 0 Å². The molecular weight excluding hydrogens is 306 g/mol. The molecule has 2 N–H and O–H groups in total. The van der Waals surface area contributed by atoms with Gasteiger partial charge in [-0.3, -0.25) is 9.40 Å². The van der Waals surface area contributed by atoms with Crippen LogP contribution in [0.4, 0.5) is 5.69 Å². The summed E-state index contributed by atoms with van der Waals surface area (Å²) in [5.41, 5.74) is 0.0693. The van der Waals surface area contributed by atoms with Gasteiger partial charge in [0.15, 0.2) is 0 Å². The fraction of sp³-hybridized carbons (Fsp3) is 0.0909. The number of hydrogen-bond donors (Lipinski definition) is 2. The number of nitrogens with zero attached hydrogens (tertiary/aromatic N) is 2. The van der Waals surface area contributed by atoms with Crippen LogP contribution in [0.15, 0.2) is 35.5 Å². The number of anilines is 1. The van der Waals surface area contributed by atoms with Gasteiger partial charge in [-0.15, -0.1) is 0 Å². The number of hydrogen-bond acceptors (Lipinski definition) is 4. The highest BCUT2D eigenvalue weighted by Gasteiger charge is 2.18. The van der Waals surface area contributed by atoms with E-state index in [1.165, 1.54) is 35.3 Å². The van der Waals surface area contributed by atoms with E-state index in [4.69, 9.17) is 16.7 Å². The predicted molar refractivity (Wildman–Crippen MR) is 72.4 cm³/mol. The van der Waals surface area contributed by atoms with Crippen molar-refractivity contribution in [2.45, 2.75) is 4.90 Å². The van der Waals surface area contributed by atoms with Gasteiger partial charge < -0.3 is 5.11 Å². The molecule has 0 aliphatic heterocycles. The van der Waals surface area contributed by atoms with Crippen LogP contribution in [0.2, 0.25) is 5.02 Å². The highest BCUT2D eigenvalue weighted by atomic mass is 35.5. The van der Waals surface area contributed by atoms with Gasteiger partial charge in [0.2, 0.25) is 0 Å². The van der Waals surface area contributed by atoms with Crippen LogP contribution in [0.3, 0.4) is 0 Å². The largest absolute Gasteiger partial charge is 0.478 e. The first-order valence-electron chi connectivity index (χ1n) is 5.34. The Labute approximate surface area is 119 Å². The Morgan fingerprint density at radius 3 is 2.65 bits per heavy atom. The molecule has 0 aliphatic rings. The molecule has 0 fully saturated rings. The Kier molecular flexibility index (Phi) is 3.69. The number of carboxylic acids is 1. The quantitative estimate of drug-likeness (QED) is 0.891. The first-order valence-corrected chi connectivity index (χ1v) is 7.20. The normalized spacial score (nSPS) is 11.3. The first-order chi connectivity index (χ1) is 9.29. The van der Waals surface area contributed by atoms with E-state index >= 15 is 0 Å².